The number of nitrogens with one attached hydrogen (secondary N) is 1. The summed E-state index contributed by atoms with van der Waals surface area (Å²) >= 11 is 0. The monoisotopic (exact) mass is 580 g/mol. The van der Waals surface area contributed by atoms with Crippen LogP contribution < -0.4 is 29.0 Å². The molecule has 0 radical (unpaired) electrons. The summed E-state index contributed by atoms with van der Waals surface area (Å²) < 4.78 is 33.1. The summed E-state index contributed by atoms with van der Waals surface area (Å²) in [7, 11) is 7.70. The minimum absolute atomic E-state index is 0.0298. The van der Waals surface area contributed by atoms with E-state index in [1.807, 2.05) is 18.2 Å². The molecular formula is C32H40N2O8. The molecule has 10 nitrogen and oxygen atoms in total. The highest BCUT2D eigenvalue weighted by atomic mass is 16.5. The second kappa shape index (κ2) is 14.5. The van der Waals surface area contributed by atoms with E-state index in [0.29, 0.717) is 40.7 Å². The summed E-state index contributed by atoms with van der Waals surface area (Å²) in [5, 5.41) is 3.22. The topological polar surface area (TPSA) is 109 Å². The van der Waals surface area contributed by atoms with Gasteiger partial charge in [-0.1, -0.05) is 25.3 Å². The lowest BCUT2D eigenvalue weighted by Crippen LogP contribution is -2.47. The number of ether oxygens (including phenoxy) is 5. The van der Waals surface area contributed by atoms with E-state index in [2.05, 4.69) is 5.32 Å². The zero-order valence-corrected chi connectivity index (χ0v) is 24.9. The van der Waals surface area contributed by atoms with E-state index >= 15 is 0 Å². The number of rotatable bonds is 13. The van der Waals surface area contributed by atoms with Gasteiger partial charge in [0.25, 0.3) is 5.91 Å². The van der Waals surface area contributed by atoms with Crippen LogP contribution in [0.25, 0.3) is 0 Å². The van der Waals surface area contributed by atoms with Crippen LogP contribution in [0.15, 0.2) is 53.1 Å². The van der Waals surface area contributed by atoms with Crippen molar-refractivity contribution in [2.75, 3.05) is 42.1 Å². The maximum absolute atomic E-state index is 14.2. The lowest BCUT2D eigenvalue weighted by Gasteiger charge is -2.33. The van der Waals surface area contributed by atoms with Crippen LogP contribution in [-0.4, -0.2) is 64.8 Å². The van der Waals surface area contributed by atoms with Gasteiger partial charge in [-0.2, -0.15) is 0 Å². The Morgan fingerprint density at radius 3 is 2.10 bits per heavy atom. The lowest BCUT2D eigenvalue weighted by atomic mass is 9.94. The number of carbonyl (C=O) groups excluding carboxylic acids is 2. The molecule has 1 heterocycles. The van der Waals surface area contributed by atoms with Crippen molar-refractivity contribution in [2.45, 2.75) is 50.6 Å². The molecule has 0 saturated heterocycles. The fraction of sp³-hybridized carbons (Fsp3) is 0.438. The summed E-state index contributed by atoms with van der Waals surface area (Å²) in [5.74, 6) is 1.76. The first-order valence-electron chi connectivity index (χ1n) is 14.1. The first-order chi connectivity index (χ1) is 20.4. The van der Waals surface area contributed by atoms with Crippen LogP contribution in [0.1, 0.15) is 59.8 Å². The Labute approximate surface area is 246 Å². The largest absolute Gasteiger partial charge is 0.493 e. The fourth-order valence-electron chi connectivity index (χ4n) is 5.43. The highest BCUT2D eigenvalue weighted by Crippen LogP contribution is 2.41. The second-order valence-electron chi connectivity index (χ2n) is 10.1. The molecule has 1 fully saturated rings. The molecule has 0 bridgehead atoms. The van der Waals surface area contributed by atoms with Crippen LogP contribution in [0.2, 0.25) is 0 Å². The molecule has 42 heavy (non-hydrogen) atoms. The van der Waals surface area contributed by atoms with E-state index in [1.165, 1.54) is 32.5 Å². The second-order valence-corrected chi connectivity index (χ2v) is 10.1. The van der Waals surface area contributed by atoms with Gasteiger partial charge >= 0.3 is 0 Å². The molecule has 1 saturated carbocycles. The number of methoxy groups -OCH3 is 5. The SMILES string of the molecule is COc1ccc(CCN(C(=O)c2ccco2)[C@@H](C(=O)NC2CCCCC2)c2cc(OC)c(OC)c(OC)c2)cc1OC. The van der Waals surface area contributed by atoms with Gasteiger partial charge in [0.1, 0.15) is 6.04 Å². The van der Waals surface area contributed by atoms with Crippen molar-refractivity contribution in [1.29, 1.82) is 0 Å². The molecule has 10 heteroatoms. The summed E-state index contributed by atoms with van der Waals surface area (Å²) in [6.07, 6.45) is 6.91. The molecule has 1 aromatic heterocycles. The van der Waals surface area contributed by atoms with Gasteiger partial charge in [0.15, 0.2) is 28.8 Å². The Balaban J connectivity index is 1.78. The number of benzene rings is 2. The number of carbonyl (C=O) groups is 2. The molecule has 226 valence electrons. The van der Waals surface area contributed by atoms with Crippen molar-refractivity contribution in [2.24, 2.45) is 0 Å². The summed E-state index contributed by atoms with van der Waals surface area (Å²) in [4.78, 5) is 29.7. The Bertz CT molecular complexity index is 1310. The van der Waals surface area contributed by atoms with Gasteiger partial charge in [-0.3, -0.25) is 9.59 Å². The normalized spacial score (nSPS) is 14.0. The first kappa shape index (κ1) is 30.6. The van der Waals surface area contributed by atoms with Crippen LogP contribution in [-0.2, 0) is 11.2 Å². The van der Waals surface area contributed by atoms with E-state index in [1.54, 1.807) is 38.5 Å². The number of furan rings is 1. The molecule has 4 rings (SSSR count). The van der Waals surface area contributed by atoms with Crippen molar-refractivity contribution in [3.63, 3.8) is 0 Å². The number of hydrogen-bond donors (Lipinski definition) is 1. The van der Waals surface area contributed by atoms with E-state index in [-0.39, 0.29) is 24.3 Å². The van der Waals surface area contributed by atoms with E-state index in [4.69, 9.17) is 28.1 Å². The quantitative estimate of drug-likeness (QED) is 0.294. The number of hydrogen-bond acceptors (Lipinski definition) is 8. The number of nitrogens with zero attached hydrogens (tertiary/aromatic N) is 1. The number of amides is 2. The van der Waals surface area contributed by atoms with Gasteiger partial charge in [0, 0.05) is 12.6 Å². The molecule has 0 unspecified atom stereocenters. The van der Waals surface area contributed by atoms with Crippen LogP contribution in [0.3, 0.4) is 0 Å². The smallest absolute Gasteiger partial charge is 0.290 e. The molecule has 3 aromatic rings. The summed E-state index contributed by atoms with van der Waals surface area (Å²) in [6, 6.07) is 11.3. The molecular weight excluding hydrogens is 540 g/mol. The maximum Gasteiger partial charge on any atom is 0.290 e. The maximum atomic E-state index is 14.2. The third-order valence-corrected chi connectivity index (χ3v) is 7.60. The van der Waals surface area contributed by atoms with E-state index in [9.17, 15) is 9.59 Å². The first-order valence-corrected chi connectivity index (χ1v) is 14.1. The third-order valence-electron chi connectivity index (χ3n) is 7.60. The van der Waals surface area contributed by atoms with Crippen molar-refractivity contribution in [3.8, 4) is 28.7 Å². The molecule has 2 aromatic carbocycles. The van der Waals surface area contributed by atoms with E-state index < -0.39 is 11.9 Å². The minimum atomic E-state index is -1.02. The van der Waals surface area contributed by atoms with Gasteiger partial charge in [-0.25, -0.2) is 0 Å². The molecule has 2 amide bonds. The fourth-order valence-corrected chi connectivity index (χ4v) is 5.43. The van der Waals surface area contributed by atoms with Gasteiger partial charge in [-0.05, 0) is 66.8 Å². The zero-order chi connectivity index (χ0) is 30.1. The molecule has 0 spiro atoms. The molecule has 1 aliphatic carbocycles. The predicted octanol–water partition coefficient (Wildman–Crippen LogP) is 5.20. The molecule has 0 aliphatic heterocycles. The van der Waals surface area contributed by atoms with Gasteiger partial charge < -0.3 is 38.3 Å². The van der Waals surface area contributed by atoms with Crippen LogP contribution >= 0.6 is 0 Å². The Kier molecular flexibility index (Phi) is 10.6. The van der Waals surface area contributed by atoms with Gasteiger partial charge in [0.2, 0.25) is 11.7 Å². The predicted molar refractivity (Wildman–Crippen MR) is 157 cm³/mol. The zero-order valence-electron chi connectivity index (χ0n) is 24.9. The Morgan fingerprint density at radius 1 is 0.857 bits per heavy atom. The molecule has 1 atom stereocenters. The third kappa shape index (κ3) is 6.92. The average Bonchev–Trinajstić information content (AvgIpc) is 3.57. The van der Waals surface area contributed by atoms with Gasteiger partial charge in [-0.15, -0.1) is 0 Å². The van der Waals surface area contributed by atoms with Gasteiger partial charge in [0.05, 0.1) is 41.8 Å². The van der Waals surface area contributed by atoms with Crippen LogP contribution in [0.5, 0.6) is 28.7 Å². The average molecular weight is 581 g/mol. The Morgan fingerprint density at radius 2 is 1.52 bits per heavy atom. The van der Waals surface area contributed by atoms with Crippen LogP contribution in [0, 0.1) is 0 Å². The van der Waals surface area contributed by atoms with Crippen molar-refractivity contribution >= 4 is 11.8 Å². The minimum Gasteiger partial charge on any atom is -0.493 e. The van der Waals surface area contributed by atoms with Crippen molar-refractivity contribution < 1.29 is 37.7 Å². The highest BCUT2D eigenvalue weighted by Gasteiger charge is 2.35. The Hall–Kier alpha value is -4.34. The molecule has 1 aliphatic rings. The summed E-state index contributed by atoms with van der Waals surface area (Å²) in [5.41, 5.74) is 1.42. The molecule has 1 N–H and O–H groups in total. The standard InChI is InChI=1S/C32H40N2O8/c1-37-24-14-13-21(18-26(24)38-2)15-16-34(32(36)25-12-9-17-42-25)29(31(35)33-23-10-7-6-8-11-23)22-19-27(39-3)30(41-5)28(20-22)40-4/h9,12-14,17-20,23,29H,6-8,10-11,15-16H2,1-5H3,(H,33,35)/t29-/m1/s1. The van der Waals surface area contributed by atoms with Crippen molar-refractivity contribution in [1.82, 2.24) is 10.2 Å². The van der Waals surface area contributed by atoms with Crippen LogP contribution in [0.4, 0.5) is 0 Å². The van der Waals surface area contributed by atoms with E-state index in [0.717, 1.165) is 37.7 Å². The van der Waals surface area contributed by atoms with Crippen molar-refractivity contribution in [3.05, 3.63) is 65.6 Å². The highest BCUT2D eigenvalue weighted by molar-refractivity contribution is 5.96. The summed E-state index contributed by atoms with van der Waals surface area (Å²) in [6.45, 7) is 0.203. The lowest BCUT2D eigenvalue weighted by molar-refractivity contribution is -0.126.